The molecule has 8 nitrogen and oxygen atoms in total. The zero-order chi connectivity index (χ0) is 24.8. The Morgan fingerprint density at radius 1 is 1.06 bits per heavy atom. The average molecular weight is 472 g/mol. The van der Waals surface area contributed by atoms with E-state index in [0.29, 0.717) is 27.8 Å². The lowest BCUT2D eigenvalue weighted by atomic mass is 9.99. The molecule has 0 radical (unpaired) electrons. The third-order valence-corrected chi connectivity index (χ3v) is 5.83. The summed E-state index contributed by atoms with van der Waals surface area (Å²) < 4.78 is 0. The average Bonchev–Trinajstić information content (AvgIpc) is 3.25. The van der Waals surface area contributed by atoms with Crippen LogP contribution in [-0.4, -0.2) is 33.0 Å². The second-order valence-electron chi connectivity index (χ2n) is 8.45. The molecule has 4 aromatic rings. The number of imidazole rings is 1. The van der Waals surface area contributed by atoms with Crippen molar-refractivity contribution in [3.8, 4) is 0 Å². The standard InChI is InChI=1S/C27H29N5O3/c1-2-3-7-17-10-12-19(13-11-17)25(34)32-23(18-8-5-4-6-9-18)24(33)26(35)29-20-14-15-21-22(16-20)31-27(28)30-21/h4-6,8-16,23-24,33H,2-3,7H2,1H3,(H,29,35)(H,32,34)(H3,28,30,31). The van der Waals surface area contributed by atoms with Crippen molar-refractivity contribution in [3.63, 3.8) is 0 Å². The molecule has 0 saturated carbocycles. The molecule has 35 heavy (non-hydrogen) atoms. The van der Waals surface area contributed by atoms with Crippen molar-refractivity contribution in [2.45, 2.75) is 38.3 Å². The second kappa shape index (κ2) is 10.8. The number of aromatic nitrogens is 2. The summed E-state index contributed by atoms with van der Waals surface area (Å²) in [5.41, 5.74) is 9.70. The minimum absolute atomic E-state index is 0.272. The van der Waals surface area contributed by atoms with Gasteiger partial charge in [0, 0.05) is 11.3 Å². The van der Waals surface area contributed by atoms with Crippen molar-refractivity contribution in [2.75, 3.05) is 11.1 Å². The highest BCUT2D eigenvalue weighted by Crippen LogP contribution is 2.22. The number of aryl methyl sites for hydroxylation is 1. The third-order valence-electron chi connectivity index (χ3n) is 5.83. The lowest BCUT2D eigenvalue weighted by molar-refractivity contribution is -0.125. The zero-order valence-electron chi connectivity index (χ0n) is 19.5. The third kappa shape index (κ3) is 5.85. The number of unbranched alkanes of at least 4 members (excludes halogenated alkanes) is 1. The number of hydrogen-bond acceptors (Lipinski definition) is 5. The first-order valence-corrected chi connectivity index (χ1v) is 11.6. The number of benzene rings is 3. The van der Waals surface area contributed by atoms with Crippen LogP contribution >= 0.6 is 0 Å². The minimum Gasteiger partial charge on any atom is -0.381 e. The van der Waals surface area contributed by atoms with Crippen LogP contribution < -0.4 is 16.4 Å². The molecule has 0 bridgehead atoms. The molecule has 2 unspecified atom stereocenters. The maximum absolute atomic E-state index is 13.0. The van der Waals surface area contributed by atoms with Crippen molar-refractivity contribution in [1.82, 2.24) is 15.3 Å². The molecule has 0 saturated heterocycles. The topological polar surface area (TPSA) is 133 Å². The summed E-state index contributed by atoms with van der Waals surface area (Å²) in [6.07, 6.45) is 1.61. The van der Waals surface area contributed by atoms with E-state index in [2.05, 4.69) is 27.5 Å². The van der Waals surface area contributed by atoms with E-state index in [0.717, 1.165) is 19.3 Å². The van der Waals surface area contributed by atoms with Crippen molar-refractivity contribution in [2.24, 2.45) is 0 Å². The second-order valence-corrected chi connectivity index (χ2v) is 8.45. The Labute approximate surface area is 203 Å². The Bertz CT molecular complexity index is 1300. The smallest absolute Gasteiger partial charge is 0.255 e. The number of carbonyl (C=O) groups excluding carboxylic acids is 2. The Kier molecular flexibility index (Phi) is 7.42. The van der Waals surface area contributed by atoms with Crippen molar-refractivity contribution >= 4 is 34.5 Å². The van der Waals surface area contributed by atoms with Crippen molar-refractivity contribution in [1.29, 1.82) is 0 Å². The molecule has 4 rings (SSSR count). The summed E-state index contributed by atoms with van der Waals surface area (Å²) in [5.74, 6) is -0.753. The number of nitrogens with zero attached hydrogens (tertiary/aromatic N) is 1. The van der Waals surface area contributed by atoms with Gasteiger partial charge in [0.2, 0.25) is 0 Å². The molecule has 2 atom stereocenters. The number of H-pyrrole nitrogens is 1. The molecule has 180 valence electrons. The van der Waals surface area contributed by atoms with E-state index >= 15 is 0 Å². The van der Waals surface area contributed by atoms with Crippen LogP contribution in [0.1, 0.15) is 47.3 Å². The summed E-state index contributed by atoms with van der Waals surface area (Å²) in [6, 6.07) is 20.4. The van der Waals surface area contributed by atoms with Gasteiger partial charge in [0.05, 0.1) is 17.1 Å². The molecule has 0 aliphatic heterocycles. The normalized spacial score (nSPS) is 12.7. The van der Waals surface area contributed by atoms with E-state index in [4.69, 9.17) is 5.73 Å². The maximum Gasteiger partial charge on any atom is 0.255 e. The fourth-order valence-corrected chi connectivity index (χ4v) is 3.91. The largest absolute Gasteiger partial charge is 0.381 e. The first-order valence-electron chi connectivity index (χ1n) is 11.6. The summed E-state index contributed by atoms with van der Waals surface area (Å²) in [6.45, 7) is 2.14. The molecule has 0 aliphatic rings. The lowest BCUT2D eigenvalue weighted by Crippen LogP contribution is -2.42. The van der Waals surface area contributed by atoms with Crippen LogP contribution in [0.25, 0.3) is 11.0 Å². The number of rotatable bonds is 9. The summed E-state index contributed by atoms with van der Waals surface area (Å²) in [7, 11) is 0. The molecule has 0 spiro atoms. The number of aliphatic hydroxyl groups excluding tert-OH is 1. The van der Waals surface area contributed by atoms with Crippen LogP contribution in [0.4, 0.5) is 11.6 Å². The number of nitrogen functional groups attached to an aromatic ring is 1. The van der Waals surface area contributed by atoms with Crippen LogP contribution in [0.15, 0.2) is 72.8 Å². The number of nitrogens with one attached hydrogen (secondary N) is 3. The van der Waals surface area contributed by atoms with Crippen LogP contribution in [0, 0.1) is 0 Å². The van der Waals surface area contributed by atoms with Gasteiger partial charge < -0.3 is 26.5 Å². The van der Waals surface area contributed by atoms with Gasteiger partial charge in [-0.15, -0.1) is 0 Å². The van der Waals surface area contributed by atoms with E-state index in [9.17, 15) is 14.7 Å². The molecule has 0 fully saturated rings. The van der Waals surface area contributed by atoms with Crippen LogP contribution in [-0.2, 0) is 11.2 Å². The summed E-state index contributed by atoms with van der Waals surface area (Å²) >= 11 is 0. The molecule has 0 aliphatic carbocycles. The highest BCUT2D eigenvalue weighted by atomic mass is 16.3. The number of aliphatic hydroxyl groups is 1. The van der Waals surface area contributed by atoms with Gasteiger partial charge in [-0.2, -0.15) is 0 Å². The number of aromatic amines is 1. The molecule has 1 heterocycles. The van der Waals surface area contributed by atoms with Crippen LogP contribution in [0.5, 0.6) is 0 Å². The van der Waals surface area contributed by atoms with Gasteiger partial charge in [-0.05, 0) is 54.3 Å². The highest BCUT2D eigenvalue weighted by Gasteiger charge is 2.29. The lowest BCUT2D eigenvalue weighted by Gasteiger charge is -2.24. The van der Waals surface area contributed by atoms with Gasteiger partial charge in [-0.25, -0.2) is 4.98 Å². The predicted molar refractivity (Wildman–Crippen MR) is 137 cm³/mol. The Morgan fingerprint density at radius 2 is 1.80 bits per heavy atom. The molecule has 1 aromatic heterocycles. The summed E-state index contributed by atoms with van der Waals surface area (Å²) in [4.78, 5) is 33.0. The minimum atomic E-state index is -1.53. The van der Waals surface area contributed by atoms with E-state index in [-0.39, 0.29) is 11.9 Å². The van der Waals surface area contributed by atoms with Gasteiger partial charge >= 0.3 is 0 Å². The molecule has 3 aromatic carbocycles. The van der Waals surface area contributed by atoms with Crippen molar-refractivity contribution in [3.05, 3.63) is 89.5 Å². The quantitative estimate of drug-likeness (QED) is 0.252. The molecular weight excluding hydrogens is 442 g/mol. The fraction of sp³-hybridized carbons (Fsp3) is 0.222. The highest BCUT2D eigenvalue weighted by molar-refractivity contribution is 5.98. The van der Waals surface area contributed by atoms with Gasteiger partial charge in [-0.1, -0.05) is 55.8 Å². The monoisotopic (exact) mass is 471 g/mol. The Balaban J connectivity index is 1.51. The molecule has 6 N–H and O–H groups in total. The Morgan fingerprint density at radius 3 is 2.51 bits per heavy atom. The fourth-order valence-electron chi connectivity index (χ4n) is 3.91. The Hall–Kier alpha value is -4.17. The summed E-state index contributed by atoms with van der Waals surface area (Å²) in [5, 5.41) is 16.5. The van der Waals surface area contributed by atoms with Gasteiger partial charge in [-0.3, -0.25) is 9.59 Å². The van der Waals surface area contributed by atoms with Gasteiger partial charge in [0.1, 0.15) is 0 Å². The number of hydrogen-bond donors (Lipinski definition) is 5. The van der Waals surface area contributed by atoms with Crippen molar-refractivity contribution < 1.29 is 14.7 Å². The number of amides is 2. The zero-order valence-corrected chi connectivity index (χ0v) is 19.5. The molecule has 2 amide bonds. The number of anilines is 2. The number of nitrogens with two attached hydrogens (primary N) is 1. The van der Waals surface area contributed by atoms with Crippen LogP contribution in [0.2, 0.25) is 0 Å². The van der Waals surface area contributed by atoms with E-state index in [1.807, 2.05) is 18.2 Å². The number of carbonyl (C=O) groups is 2. The maximum atomic E-state index is 13.0. The van der Waals surface area contributed by atoms with Gasteiger partial charge in [0.25, 0.3) is 11.8 Å². The van der Waals surface area contributed by atoms with E-state index < -0.39 is 18.1 Å². The first kappa shape index (κ1) is 24.0. The van der Waals surface area contributed by atoms with Crippen LogP contribution in [0.3, 0.4) is 0 Å². The van der Waals surface area contributed by atoms with E-state index in [1.54, 1.807) is 54.6 Å². The first-order chi connectivity index (χ1) is 16.9. The predicted octanol–water partition coefficient (Wildman–Crippen LogP) is 3.96. The van der Waals surface area contributed by atoms with E-state index in [1.165, 1.54) is 5.56 Å². The van der Waals surface area contributed by atoms with Gasteiger partial charge in [0.15, 0.2) is 12.1 Å². The molecular formula is C27H29N5O3. The SMILES string of the molecule is CCCCc1ccc(C(=O)NC(c2ccccc2)C(O)C(=O)Nc2ccc3nc(N)[nH]c3c2)cc1. The molecule has 8 heteroatoms. The number of fused-ring (bicyclic) bond motifs is 1.